The zero-order chi connectivity index (χ0) is 29.2. The van der Waals surface area contributed by atoms with Crippen LogP contribution in [0.3, 0.4) is 0 Å². The molecular formula is C30H18O11. The normalized spacial score (nSPS) is 11.3. The standard InChI is InChI=1S/C30H18O11/c31-14-5-1-12(2-6-14)19-11-18(35)22-26(37)28(39)27(38)24(30(22)40-19)23-25(36)21-17(34)9-16(33)10-20(21)41-29(23)13-3-7-15(32)8-4-13/h1-11,31-34,37-39H. The summed E-state index contributed by atoms with van der Waals surface area (Å²) in [5.41, 5.74) is -3.06. The van der Waals surface area contributed by atoms with E-state index in [2.05, 4.69) is 0 Å². The molecule has 11 heteroatoms. The molecule has 0 saturated carbocycles. The van der Waals surface area contributed by atoms with E-state index in [9.17, 15) is 45.3 Å². The first-order valence-corrected chi connectivity index (χ1v) is 11.9. The molecule has 6 rings (SSSR count). The lowest BCUT2D eigenvalue weighted by molar-refractivity contribution is 0.371. The zero-order valence-corrected chi connectivity index (χ0v) is 20.6. The van der Waals surface area contributed by atoms with E-state index in [4.69, 9.17) is 8.83 Å². The van der Waals surface area contributed by atoms with Crippen LogP contribution in [-0.2, 0) is 0 Å². The Kier molecular flexibility index (Phi) is 5.52. The first-order valence-electron chi connectivity index (χ1n) is 11.9. The molecule has 41 heavy (non-hydrogen) atoms. The van der Waals surface area contributed by atoms with Crippen LogP contribution in [0.1, 0.15) is 0 Å². The highest BCUT2D eigenvalue weighted by atomic mass is 16.4. The highest BCUT2D eigenvalue weighted by molar-refractivity contribution is 6.06. The summed E-state index contributed by atoms with van der Waals surface area (Å²) in [6, 6.07) is 13.9. The first kappa shape index (κ1) is 25.2. The molecule has 0 saturated heterocycles. The first-order chi connectivity index (χ1) is 19.5. The summed E-state index contributed by atoms with van der Waals surface area (Å²) in [5, 5.41) is 71.4. The molecule has 0 atom stereocenters. The monoisotopic (exact) mass is 554 g/mol. The maximum atomic E-state index is 14.0. The van der Waals surface area contributed by atoms with Gasteiger partial charge in [0.1, 0.15) is 50.9 Å². The quantitative estimate of drug-likeness (QED) is 0.148. The maximum Gasteiger partial charge on any atom is 0.205 e. The third-order valence-electron chi connectivity index (χ3n) is 6.59. The fraction of sp³-hybridized carbons (Fsp3) is 0. The fourth-order valence-electron chi connectivity index (χ4n) is 4.68. The van der Waals surface area contributed by atoms with Crippen LogP contribution in [0.5, 0.6) is 40.2 Å². The number of hydrogen-bond acceptors (Lipinski definition) is 11. The minimum absolute atomic E-state index is 0.0593. The molecular weight excluding hydrogens is 536 g/mol. The average Bonchev–Trinajstić information content (AvgIpc) is 2.93. The molecule has 2 heterocycles. The van der Waals surface area contributed by atoms with Gasteiger partial charge < -0.3 is 44.6 Å². The van der Waals surface area contributed by atoms with Crippen LogP contribution in [0.4, 0.5) is 0 Å². The average molecular weight is 554 g/mol. The van der Waals surface area contributed by atoms with Crippen molar-refractivity contribution in [2.24, 2.45) is 0 Å². The van der Waals surface area contributed by atoms with Gasteiger partial charge in [0.05, 0.1) is 11.1 Å². The Hall–Kier alpha value is -6.10. The SMILES string of the molecule is O=c1c(-c2c(O)c(O)c(O)c3c(=O)cc(-c4ccc(O)cc4)oc23)c(-c2ccc(O)cc2)oc2cc(O)cc(O)c12. The third kappa shape index (κ3) is 3.91. The largest absolute Gasteiger partial charge is 0.508 e. The molecule has 2 aromatic heterocycles. The molecule has 0 bridgehead atoms. The zero-order valence-electron chi connectivity index (χ0n) is 20.6. The second kappa shape index (κ2) is 8.99. The van der Waals surface area contributed by atoms with Crippen molar-refractivity contribution in [3.63, 3.8) is 0 Å². The van der Waals surface area contributed by atoms with E-state index >= 15 is 0 Å². The van der Waals surface area contributed by atoms with Gasteiger partial charge in [0.2, 0.25) is 11.2 Å². The van der Waals surface area contributed by atoms with Gasteiger partial charge in [-0.3, -0.25) is 9.59 Å². The van der Waals surface area contributed by atoms with Crippen molar-refractivity contribution in [1.82, 2.24) is 0 Å². The number of phenols is 7. The summed E-state index contributed by atoms with van der Waals surface area (Å²) in [5.74, 6) is -4.74. The van der Waals surface area contributed by atoms with E-state index < -0.39 is 67.1 Å². The second-order valence-electron chi connectivity index (χ2n) is 9.17. The highest BCUT2D eigenvalue weighted by Gasteiger charge is 2.30. The van der Waals surface area contributed by atoms with Gasteiger partial charge in [0.15, 0.2) is 22.5 Å². The van der Waals surface area contributed by atoms with Crippen molar-refractivity contribution in [3.8, 4) is 74.0 Å². The van der Waals surface area contributed by atoms with Crippen LogP contribution in [0.25, 0.3) is 55.7 Å². The van der Waals surface area contributed by atoms with E-state index in [1.165, 1.54) is 48.5 Å². The van der Waals surface area contributed by atoms with Gasteiger partial charge in [-0.15, -0.1) is 0 Å². The van der Waals surface area contributed by atoms with Crippen LogP contribution in [0.2, 0.25) is 0 Å². The van der Waals surface area contributed by atoms with Crippen molar-refractivity contribution in [2.75, 3.05) is 0 Å². The Balaban J connectivity index is 1.83. The van der Waals surface area contributed by atoms with E-state index in [0.29, 0.717) is 5.56 Å². The molecule has 0 aliphatic heterocycles. The van der Waals surface area contributed by atoms with Gasteiger partial charge in [0.25, 0.3) is 0 Å². The molecule has 0 spiro atoms. The van der Waals surface area contributed by atoms with Gasteiger partial charge in [-0.05, 0) is 48.5 Å². The van der Waals surface area contributed by atoms with Crippen molar-refractivity contribution in [2.45, 2.75) is 0 Å². The van der Waals surface area contributed by atoms with Gasteiger partial charge in [0, 0.05) is 29.3 Å². The van der Waals surface area contributed by atoms with E-state index in [-0.39, 0.29) is 34.2 Å². The Morgan fingerprint density at radius 2 is 1.15 bits per heavy atom. The predicted molar refractivity (Wildman–Crippen MR) is 146 cm³/mol. The maximum absolute atomic E-state index is 14.0. The summed E-state index contributed by atoms with van der Waals surface area (Å²) in [4.78, 5) is 27.3. The lowest BCUT2D eigenvalue weighted by Crippen LogP contribution is -2.10. The van der Waals surface area contributed by atoms with Crippen LogP contribution in [-0.4, -0.2) is 35.7 Å². The Morgan fingerprint density at radius 3 is 1.78 bits per heavy atom. The molecule has 7 N–H and O–H groups in total. The third-order valence-corrected chi connectivity index (χ3v) is 6.59. The lowest BCUT2D eigenvalue weighted by Gasteiger charge is -2.16. The van der Waals surface area contributed by atoms with Crippen LogP contribution in [0, 0.1) is 0 Å². The number of aromatic hydroxyl groups is 7. The highest BCUT2D eigenvalue weighted by Crippen LogP contribution is 2.50. The predicted octanol–water partition coefficient (Wildman–Crippen LogP) is 4.84. The Labute approximate surface area is 227 Å². The number of rotatable bonds is 3. The molecule has 0 amide bonds. The van der Waals surface area contributed by atoms with Crippen LogP contribution in [0.15, 0.2) is 85.2 Å². The molecule has 204 valence electrons. The molecule has 4 aromatic carbocycles. The van der Waals surface area contributed by atoms with Crippen molar-refractivity contribution in [3.05, 3.63) is 87.2 Å². The number of benzene rings is 4. The summed E-state index contributed by atoms with van der Waals surface area (Å²) in [7, 11) is 0. The summed E-state index contributed by atoms with van der Waals surface area (Å²) < 4.78 is 11.9. The summed E-state index contributed by atoms with van der Waals surface area (Å²) in [6.45, 7) is 0. The molecule has 0 fully saturated rings. The second-order valence-corrected chi connectivity index (χ2v) is 9.17. The summed E-state index contributed by atoms with van der Waals surface area (Å²) in [6.07, 6.45) is 0. The van der Waals surface area contributed by atoms with Crippen molar-refractivity contribution >= 4 is 21.9 Å². The number of hydrogen-bond donors (Lipinski definition) is 7. The molecule has 0 radical (unpaired) electrons. The van der Waals surface area contributed by atoms with E-state index in [0.717, 1.165) is 18.2 Å². The van der Waals surface area contributed by atoms with Gasteiger partial charge >= 0.3 is 0 Å². The minimum atomic E-state index is -1.12. The molecule has 0 aliphatic rings. The topological polar surface area (TPSA) is 202 Å². The summed E-state index contributed by atoms with van der Waals surface area (Å²) >= 11 is 0. The van der Waals surface area contributed by atoms with E-state index in [1.807, 2.05) is 0 Å². The van der Waals surface area contributed by atoms with Crippen molar-refractivity contribution < 1.29 is 44.6 Å². The van der Waals surface area contributed by atoms with Crippen molar-refractivity contribution in [1.29, 1.82) is 0 Å². The smallest absolute Gasteiger partial charge is 0.205 e. The molecule has 6 aromatic rings. The lowest BCUT2D eigenvalue weighted by atomic mass is 9.94. The minimum Gasteiger partial charge on any atom is -0.508 e. The Morgan fingerprint density at radius 1 is 0.537 bits per heavy atom. The van der Waals surface area contributed by atoms with Gasteiger partial charge in [-0.2, -0.15) is 0 Å². The van der Waals surface area contributed by atoms with Crippen LogP contribution >= 0.6 is 0 Å². The van der Waals surface area contributed by atoms with E-state index in [1.54, 1.807) is 0 Å². The van der Waals surface area contributed by atoms with Gasteiger partial charge in [-0.1, -0.05) is 0 Å². The fourth-order valence-corrected chi connectivity index (χ4v) is 4.68. The van der Waals surface area contributed by atoms with Gasteiger partial charge in [-0.25, -0.2) is 0 Å². The molecule has 11 nitrogen and oxygen atoms in total. The number of fused-ring (bicyclic) bond motifs is 2. The van der Waals surface area contributed by atoms with Crippen LogP contribution < -0.4 is 10.9 Å². The Bertz CT molecular complexity index is 2140. The molecule has 0 aliphatic carbocycles. The molecule has 0 unspecified atom stereocenters. The number of phenolic OH excluding ortho intramolecular Hbond substituents is 7.